The Hall–Kier alpha value is -2.52. The smallest absolute Gasteiger partial charge is 0.334 e. The highest BCUT2D eigenvalue weighted by molar-refractivity contribution is 5.92. The van der Waals surface area contributed by atoms with Crippen molar-refractivity contribution in [1.29, 1.82) is 0 Å². The van der Waals surface area contributed by atoms with Gasteiger partial charge in [-0.3, -0.25) is 9.59 Å². The molecule has 8 atom stereocenters. The number of fused-ring (bicyclic) bond motifs is 1. The van der Waals surface area contributed by atoms with Crippen LogP contribution in [0.15, 0.2) is 23.8 Å². The van der Waals surface area contributed by atoms with Crippen molar-refractivity contribution >= 4 is 23.7 Å². The highest BCUT2D eigenvalue weighted by Crippen LogP contribution is 2.41. The van der Waals surface area contributed by atoms with Crippen LogP contribution >= 0.6 is 0 Å². The molecule has 0 aromatic heterocycles. The van der Waals surface area contributed by atoms with E-state index >= 15 is 0 Å². The van der Waals surface area contributed by atoms with Crippen LogP contribution < -0.4 is 0 Å². The molecular formula is C25H36O9. The molecule has 2 aliphatic rings. The molecule has 1 aliphatic heterocycles. The Morgan fingerprint density at radius 2 is 1.94 bits per heavy atom. The van der Waals surface area contributed by atoms with Gasteiger partial charge in [0.25, 0.3) is 0 Å². The topological polar surface area (TPSA) is 136 Å². The number of Topliss-reactive ketones (excluding diaryl/α,β-unsaturated/α-hetero) is 1. The largest absolute Gasteiger partial charge is 0.458 e. The Balaban J connectivity index is 2.70. The summed E-state index contributed by atoms with van der Waals surface area (Å²) >= 11 is 0. The predicted octanol–water partition coefficient (Wildman–Crippen LogP) is 2.03. The molecule has 34 heavy (non-hydrogen) atoms. The summed E-state index contributed by atoms with van der Waals surface area (Å²) < 4.78 is 16.9. The standard InChI is InChI=1S/C25H36O9/c1-8-12(3)22(28)33-20-19-15(6)24(30)32-17(19)10-14(5)16(26)11-18(27)25(7,31)21(20)34-23(29)13(4)9-2/h8,13-14,16-17,19-21,26,31H,6,9-11H2,1-5,7H3. The molecule has 0 radical (unpaired) electrons. The fourth-order valence-corrected chi connectivity index (χ4v) is 4.10. The third kappa shape index (κ3) is 5.58. The maximum absolute atomic E-state index is 13.1. The van der Waals surface area contributed by atoms with Crippen molar-refractivity contribution in [2.75, 3.05) is 0 Å². The van der Waals surface area contributed by atoms with E-state index in [0.717, 1.165) is 6.92 Å². The Morgan fingerprint density at radius 1 is 1.32 bits per heavy atom. The van der Waals surface area contributed by atoms with E-state index < -0.39 is 77.9 Å². The lowest BCUT2D eigenvalue weighted by Gasteiger charge is -2.41. The van der Waals surface area contributed by atoms with E-state index in [0.29, 0.717) is 6.42 Å². The average Bonchev–Trinajstić information content (AvgIpc) is 3.06. The van der Waals surface area contributed by atoms with Crippen molar-refractivity contribution in [3.05, 3.63) is 23.8 Å². The summed E-state index contributed by atoms with van der Waals surface area (Å²) in [6.45, 7) is 13.2. The number of allylic oxidation sites excluding steroid dienone is 1. The first-order valence-corrected chi connectivity index (χ1v) is 11.6. The Kier molecular flexibility index (Phi) is 8.82. The maximum Gasteiger partial charge on any atom is 0.334 e. The second-order valence-electron chi connectivity index (χ2n) is 9.56. The quantitative estimate of drug-likeness (QED) is 0.344. The minimum atomic E-state index is -2.34. The SMILES string of the molecule is C=C1C(=O)OC2CC(C)C(O)CC(=O)C(C)(O)C(OC(=O)C(C)CC)C(OC(=O)C(C)=CC)C12. The van der Waals surface area contributed by atoms with E-state index in [9.17, 15) is 29.4 Å². The summed E-state index contributed by atoms with van der Waals surface area (Å²) in [4.78, 5) is 51.2. The van der Waals surface area contributed by atoms with Gasteiger partial charge in [0.1, 0.15) is 6.10 Å². The molecule has 2 fully saturated rings. The van der Waals surface area contributed by atoms with Gasteiger partial charge in [0, 0.05) is 17.6 Å². The van der Waals surface area contributed by atoms with Gasteiger partial charge in [-0.25, -0.2) is 9.59 Å². The van der Waals surface area contributed by atoms with E-state index in [1.54, 1.807) is 27.7 Å². The van der Waals surface area contributed by atoms with Crippen LogP contribution in [0, 0.1) is 17.8 Å². The van der Waals surface area contributed by atoms with Gasteiger partial charge in [0.05, 0.1) is 17.9 Å². The number of carbonyl (C=O) groups is 4. The molecule has 1 saturated carbocycles. The minimum absolute atomic E-state index is 0.0315. The second kappa shape index (κ2) is 10.8. The number of aliphatic hydroxyl groups is 2. The van der Waals surface area contributed by atoms with Crippen LogP contribution in [-0.4, -0.2) is 63.9 Å². The van der Waals surface area contributed by atoms with E-state index in [1.807, 2.05) is 0 Å². The minimum Gasteiger partial charge on any atom is -0.458 e. The summed E-state index contributed by atoms with van der Waals surface area (Å²) in [5.74, 6) is -5.05. The first kappa shape index (κ1) is 27.7. The van der Waals surface area contributed by atoms with Crippen molar-refractivity contribution in [2.45, 2.75) is 90.8 Å². The normalized spacial score (nSPS) is 35.8. The van der Waals surface area contributed by atoms with Gasteiger partial charge in [-0.2, -0.15) is 0 Å². The second-order valence-corrected chi connectivity index (χ2v) is 9.56. The van der Waals surface area contributed by atoms with E-state index in [1.165, 1.54) is 13.0 Å². The molecule has 2 N–H and O–H groups in total. The van der Waals surface area contributed by atoms with Crippen LogP contribution in [0.5, 0.6) is 0 Å². The molecule has 1 saturated heterocycles. The summed E-state index contributed by atoms with van der Waals surface area (Å²) in [6.07, 6.45) is -3.45. The molecule has 1 aliphatic carbocycles. The monoisotopic (exact) mass is 480 g/mol. The van der Waals surface area contributed by atoms with Crippen LogP contribution in [-0.2, 0) is 33.4 Å². The summed E-state index contributed by atoms with van der Waals surface area (Å²) in [6, 6.07) is 0. The van der Waals surface area contributed by atoms with E-state index in [2.05, 4.69) is 6.58 Å². The fraction of sp³-hybridized carbons (Fsp3) is 0.680. The third-order valence-electron chi connectivity index (χ3n) is 7.01. The van der Waals surface area contributed by atoms with Gasteiger partial charge < -0.3 is 24.4 Å². The highest BCUT2D eigenvalue weighted by Gasteiger charge is 2.57. The van der Waals surface area contributed by atoms with Crippen LogP contribution in [0.2, 0.25) is 0 Å². The fourth-order valence-electron chi connectivity index (χ4n) is 4.10. The van der Waals surface area contributed by atoms with Gasteiger partial charge in [-0.15, -0.1) is 0 Å². The Bertz CT molecular complexity index is 872. The third-order valence-corrected chi connectivity index (χ3v) is 7.01. The molecule has 0 amide bonds. The van der Waals surface area contributed by atoms with Crippen molar-refractivity contribution in [3.8, 4) is 0 Å². The summed E-state index contributed by atoms with van der Waals surface area (Å²) in [5.41, 5.74) is -2.13. The molecule has 190 valence electrons. The molecule has 9 nitrogen and oxygen atoms in total. The van der Waals surface area contributed by atoms with Gasteiger partial charge >= 0.3 is 17.9 Å². The van der Waals surface area contributed by atoms with Crippen LogP contribution in [0.25, 0.3) is 0 Å². The molecule has 0 aromatic carbocycles. The summed E-state index contributed by atoms with van der Waals surface area (Å²) in [5, 5.41) is 22.0. The van der Waals surface area contributed by atoms with E-state index in [4.69, 9.17) is 14.2 Å². The lowest BCUT2D eigenvalue weighted by Crippen LogP contribution is -2.60. The number of hydrogen-bond donors (Lipinski definition) is 2. The average molecular weight is 481 g/mol. The lowest BCUT2D eigenvalue weighted by atomic mass is 9.75. The molecule has 0 aromatic rings. The number of ketones is 1. The summed E-state index contributed by atoms with van der Waals surface area (Å²) in [7, 11) is 0. The van der Waals surface area contributed by atoms with Gasteiger partial charge in [-0.05, 0) is 39.5 Å². The molecular weight excluding hydrogens is 444 g/mol. The van der Waals surface area contributed by atoms with Crippen molar-refractivity contribution < 1.29 is 43.6 Å². The molecule has 1 heterocycles. The number of aliphatic hydroxyl groups excluding tert-OH is 1. The van der Waals surface area contributed by atoms with Gasteiger partial charge in [0.15, 0.2) is 23.6 Å². The number of carbonyl (C=O) groups excluding carboxylic acids is 4. The zero-order valence-corrected chi connectivity index (χ0v) is 20.7. The molecule has 0 spiro atoms. The van der Waals surface area contributed by atoms with Crippen molar-refractivity contribution in [2.24, 2.45) is 17.8 Å². The van der Waals surface area contributed by atoms with Crippen LogP contribution in [0.1, 0.15) is 60.8 Å². The van der Waals surface area contributed by atoms with Gasteiger partial charge in [-0.1, -0.05) is 33.4 Å². The zero-order chi connectivity index (χ0) is 26.0. The highest BCUT2D eigenvalue weighted by atomic mass is 16.6. The molecule has 2 rings (SSSR count). The number of rotatable bonds is 5. The van der Waals surface area contributed by atoms with Crippen molar-refractivity contribution in [3.63, 3.8) is 0 Å². The predicted molar refractivity (Wildman–Crippen MR) is 121 cm³/mol. The number of esters is 3. The first-order valence-electron chi connectivity index (χ1n) is 11.6. The Morgan fingerprint density at radius 3 is 2.50 bits per heavy atom. The lowest BCUT2D eigenvalue weighted by molar-refractivity contribution is -0.201. The van der Waals surface area contributed by atoms with Gasteiger partial charge in [0.2, 0.25) is 0 Å². The van der Waals surface area contributed by atoms with Crippen molar-refractivity contribution in [1.82, 2.24) is 0 Å². The van der Waals surface area contributed by atoms with Crippen LogP contribution in [0.3, 0.4) is 0 Å². The maximum atomic E-state index is 13.1. The molecule has 0 bridgehead atoms. The molecule has 8 unspecified atom stereocenters. The number of hydrogen-bond acceptors (Lipinski definition) is 9. The van der Waals surface area contributed by atoms with E-state index in [-0.39, 0.29) is 17.6 Å². The zero-order valence-electron chi connectivity index (χ0n) is 20.7. The Labute approximate surface area is 200 Å². The number of ether oxygens (including phenoxy) is 3. The van der Waals surface area contributed by atoms with Crippen LogP contribution in [0.4, 0.5) is 0 Å². The molecule has 9 heteroatoms. The first-order chi connectivity index (χ1) is 15.8.